The van der Waals surface area contributed by atoms with Crippen molar-refractivity contribution in [2.75, 3.05) is 5.32 Å². The van der Waals surface area contributed by atoms with Crippen molar-refractivity contribution in [1.29, 1.82) is 0 Å². The fraction of sp³-hybridized carbons (Fsp3) is 0.600. The summed E-state index contributed by atoms with van der Waals surface area (Å²) >= 11 is 0. The molecule has 1 atom stereocenters. The van der Waals surface area contributed by atoms with Gasteiger partial charge in [-0.05, 0) is 37.3 Å². The Labute approximate surface area is 100 Å². The van der Waals surface area contributed by atoms with Gasteiger partial charge in [-0.2, -0.15) is 0 Å². The van der Waals surface area contributed by atoms with Crippen LogP contribution in [0, 0.1) is 6.92 Å². The van der Waals surface area contributed by atoms with Crippen LogP contribution in [0.1, 0.15) is 51.2 Å². The molecule has 90 valence electrons. The maximum Gasteiger partial charge on any atom is 0.0404 e. The van der Waals surface area contributed by atoms with Gasteiger partial charge in [0.05, 0.1) is 0 Å². The third-order valence-electron chi connectivity index (χ3n) is 3.22. The van der Waals surface area contributed by atoms with E-state index >= 15 is 0 Å². The Kier molecular flexibility index (Phi) is 5.37. The molecule has 0 amide bonds. The van der Waals surface area contributed by atoms with Crippen molar-refractivity contribution in [1.82, 2.24) is 0 Å². The van der Waals surface area contributed by atoms with E-state index in [1.54, 1.807) is 0 Å². The van der Waals surface area contributed by atoms with E-state index in [1.165, 1.54) is 36.1 Å². The van der Waals surface area contributed by atoms with Crippen LogP contribution in [0.4, 0.5) is 5.69 Å². The SMILES string of the molecule is CCCC(CC)Nc1c(C)cccc1CC. The van der Waals surface area contributed by atoms with Crippen LogP contribution in [-0.4, -0.2) is 6.04 Å². The maximum atomic E-state index is 3.72. The van der Waals surface area contributed by atoms with Gasteiger partial charge >= 0.3 is 0 Å². The average molecular weight is 219 g/mol. The van der Waals surface area contributed by atoms with Gasteiger partial charge in [0.25, 0.3) is 0 Å². The smallest absolute Gasteiger partial charge is 0.0404 e. The summed E-state index contributed by atoms with van der Waals surface area (Å²) in [5.74, 6) is 0. The van der Waals surface area contributed by atoms with Crippen molar-refractivity contribution in [3.05, 3.63) is 29.3 Å². The van der Waals surface area contributed by atoms with Gasteiger partial charge in [-0.1, -0.05) is 45.4 Å². The summed E-state index contributed by atoms with van der Waals surface area (Å²) < 4.78 is 0. The fourth-order valence-electron chi connectivity index (χ4n) is 2.16. The predicted octanol–water partition coefficient (Wildman–Crippen LogP) is 4.55. The van der Waals surface area contributed by atoms with Gasteiger partial charge < -0.3 is 5.32 Å². The number of para-hydroxylation sites is 1. The molecule has 0 spiro atoms. The second kappa shape index (κ2) is 6.57. The van der Waals surface area contributed by atoms with Gasteiger partial charge in [0, 0.05) is 11.7 Å². The van der Waals surface area contributed by atoms with E-state index < -0.39 is 0 Å². The van der Waals surface area contributed by atoms with Crippen LogP contribution < -0.4 is 5.32 Å². The van der Waals surface area contributed by atoms with E-state index in [4.69, 9.17) is 0 Å². The topological polar surface area (TPSA) is 12.0 Å². The van der Waals surface area contributed by atoms with E-state index in [-0.39, 0.29) is 0 Å². The summed E-state index contributed by atoms with van der Waals surface area (Å²) in [5.41, 5.74) is 4.17. The molecule has 1 unspecified atom stereocenters. The molecule has 16 heavy (non-hydrogen) atoms. The lowest BCUT2D eigenvalue weighted by Crippen LogP contribution is -2.19. The van der Waals surface area contributed by atoms with Crippen molar-refractivity contribution in [2.45, 2.75) is 59.4 Å². The van der Waals surface area contributed by atoms with E-state index in [2.05, 4.69) is 51.2 Å². The zero-order chi connectivity index (χ0) is 12.0. The number of hydrogen-bond donors (Lipinski definition) is 1. The summed E-state index contributed by atoms with van der Waals surface area (Å²) in [6, 6.07) is 7.20. The summed E-state index contributed by atoms with van der Waals surface area (Å²) in [4.78, 5) is 0. The Bertz CT molecular complexity index is 317. The highest BCUT2D eigenvalue weighted by Gasteiger charge is 2.09. The Morgan fingerprint density at radius 3 is 2.50 bits per heavy atom. The predicted molar refractivity (Wildman–Crippen MR) is 73.2 cm³/mol. The van der Waals surface area contributed by atoms with Crippen LogP contribution in [0.5, 0.6) is 0 Å². The molecule has 0 aliphatic heterocycles. The number of hydrogen-bond acceptors (Lipinski definition) is 1. The van der Waals surface area contributed by atoms with Crippen molar-refractivity contribution in [2.24, 2.45) is 0 Å². The molecule has 0 radical (unpaired) electrons. The number of benzene rings is 1. The lowest BCUT2D eigenvalue weighted by molar-refractivity contribution is 0.621. The van der Waals surface area contributed by atoms with E-state index in [0.717, 1.165) is 6.42 Å². The molecule has 1 aromatic carbocycles. The molecule has 1 N–H and O–H groups in total. The third kappa shape index (κ3) is 3.26. The Morgan fingerprint density at radius 2 is 1.94 bits per heavy atom. The lowest BCUT2D eigenvalue weighted by atomic mass is 10.0. The number of aryl methyl sites for hydroxylation is 2. The van der Waals surface area contributed by atoms with Crippen LogP contribution >= 0.6 is 0 Å². The first-order valence-corrected chi connectivity index (χ1v) is 6.57. The lowest BCUT2D eigenvalue weighted by Gasteiger charge is -2.21. The van der Waals surface area contributed by atoms with E-state index in [1.807, 2.05) is 0 Å². The highest BCUT2D eigenvalue weighted by molar-refractivity contribution is 5.57. The zero-order valence-electron chi connectivity index (χ0n) is 11.1. The molecular weight excluding hydrogens is 194 g/mol. The molecule has 0 aromatic heterocycles. The van der Waals surface area contributed by atoms with Gasteiger partial charge in [0.2, 0.25) is 0 Å². The van der Waals surface area contributed by atoms with Gasteiger partial charge in [0.1, 0.15) is 0 Å². The Balaban J connectivity index is 2.85. The monoisotopic (exact) mass is 219 g/mol. The summed E-state index contributed by atoms with van der Waals surface area (Å²) in [7, 11) is 0. The van der Waals surface area contributed by atoms with Gasteiger partial charge in [-0.25, -0.2) is 0 Å². The second-order valence-corrected chi connectivity index (χ2v) is 4.50. The molecule has 0 saturated heterocycles. The van der Waals surface area contributed by atoms with E-state index in [9.17, 15) is 0 Å². The van der Waals surface area contributed by atoms with Crippen LogP contribution in [0.2, 0.25) is 0 Å². The summed E-state index contributed by atoms with van der Waals surface area (Å²) in [6.07, 6.45) is 4.81. The normalized spacial score (nSPS) is 12.5. The van der Waals surface area contributed by atoms with Crippen LogP contribution in [-0.2, 0) is 6.42 Å². The first-order chi connectivity index (χ1) is 7.72. The molecule has 0 saturated carbocycles. The van der Waals surface area contributed by atoms with Crippen LogP contribution in [0.15, 0.2) is 18.2 Å². The standard InChI is InChI=1S/C15H25N/c1-5-9-14(7-3)16-15-12(4)10-8-11-13(15)6-2/h8,10-11,14,16H,5-7,9H2,1-4H3. The highest BCUT2D eigenvalue weighted by atomic mass is 14.9. The molecule has 0 heterocycles. The van der Waals surface area contributed by atoms with Crippen molar-refractivity contribution in [3.8, 4) is 0 Å². The first-order valence-electron chi connectivity index (χ1n) is 6.57. The number of nitrogens with one attached hydrogen (secondary N) is 1. The van der Waals surface area contributed by atoms with Crippen molar-refractivity contribution < 1.29 is 0 Å². The van der Waals surface area contributed by atoms with Crippen molar-refractivity contribution in [3.63, 3.8) is 0 Å². The average Bonchev–Trinajstić information content (AvgIpc) is 2.30. The third-order valence-corrected chi connectivity index (χ3v) is 3.22. The fourth-order valence-corrected chi connectivity index (χ4v) is 2.16. The largest absolute Gasteiger partial charge is 0.382 e. The van der Waals surface area contributed by atoms with Gasteiger partial charge in [0.15, 0.2) is 0 Å². The number of rotatable bonds is 6. The van der Waals surface area contributed by atoms with Gasteiger partial charge in [-0.15, -0.1) is 0 Å². The highest BCUT2D eigenvalue weighted by Crippen LogP contribution is 2.23. The minimum atomic E-state index is 0.622. The molecule has 0 bridgehead atoms. The Morgan fingerprint density at radius 1 is 1.19 bits per heavy atom. The van der Waals surface area contributed by atoms with Crippen molar-refractivity contribution >= 4 is 5.69 Å². The quantitative estimate of drug-likeness (QED) is 0.740. The second-order valence-electron chi connectivity index (χ2n) is 4.50. The molecule has 1 heteroatoms. The molecule has 0 aliphatic carbocycles. The molecule has 0 fully saturated rings. The number of anilines is 1. The van der Waals surface area contributed by atoms with Crippen LogP contribution in [0.25, 0.3) is 0 Å². The van der Waals surface area contributed by atoms with Crippen LogP contribution in [0.3, 0.4) is 0 Å². The maximum absolute atomic E-state index is 3.72. The molecule has 1 aromatic rings. The summed E-state index contributed by atoms with van der Waals surface area (Å²) in [6.45, 7) is 8.93. The van der Waals surface area contributed by atoms with E-state index in [0.29, 0.717) is 6.04 Å². The minimum Gasteiger partial charge on any atom is -0.382 e. The molecule has 0 aliphatic rings. The zero-order valence-corrected chi connectivity index (χ0v) is 11.1. The molecule has 1 rings (SSSR count). The Hall–Kier alpha value is -0.980. The molecule has 1 nitrogen and oxygen atoms in total. The minimum absolute atomic E-state index is 0.622. The summed E-state index contributed by atoms with van der Waals surface area (Å²) in [5, 5.41) is 3.72. The first kappa shape index (κ1) is 13.1. The molecular formula is C15H25N. The van der Waals surface area contributed by atoms with Gasteiger partial charge in [-0.3, -0.25) is 0 Å².